The first-order valence-electron chi connectivity index (χ1n) is 10.0. The minimum absolute atomic E-state index is 0.485. The van der Waals surface area contributed by atoms with Crippen molar-refractivity contribution in [1.29, 1.82) is 0 Å². The molecule has 1 aromatic carbocycles. The van der Waals surface area contributed by atoms with Crippen molar-refractivity contribution >= 4 is 23.0 Å². The van der Waals surface area contributed by atoms with Gasteiger partial charge in [-0.3, -0.25) is 4.98 Å². The lowest BCUT2D eigenvalue weighted by atomic mass is 10.1. The maximum atomic E-state index is 6.29. The molecule has 0 aliphatic heterocycles. The minimum Gasteiger partial charge on any atom is -0.399 e. The highest BCUT2D eigenvalue weighted by atomic mass is 35.5. The summed E-state index contributed by atoms with van der Waals surface area (Å²) in [5, 5.41) is 8.81. The lowest BCUT2D eigenvalue weighted by Gasteiger charge is -2.07. The molecule has 6 nitrogen and oxygen atoms in total. The molecule has 0 N–H and O–H groups in total. The van der Waals surface area contributed by atoms with E-state index in [2.05, 4.69) is 20.3 Å². The van der Waals surface area contributed by atoms with Crippen molar-refractivity contribution in [3.8, 4) is 11.3 Å². The normalized spacial score (nSPS) is 12.0. The second-order valence-electron chi connectivity index (χ2n) is 6.87. The number of aromatic nitrogens is 2. The van der Waals surface area contributed by atoms with E-state index in [-0.39, 0.29) is 0 Å². The summed E-state index contributed by atoms with van der Waals surface area (Å²) >= 11 is 6.29. The number of halogens is 1. The minimum atomic E-state index is 0.485. The summed E-state index contributed by atoms with van der Waals surface area (Å²) in [6.45, 7) is 4.23. The number of nitrogens with zero attached hydrogens (tertiary/aromatic N) is 4. The third-order valence-corrected chi connectivity index (χ3v) is 4.87. The van der Waals surface area contributed by atoms with E-state index in [1.165, 1.54) is 7.11 Å². The summed E-state index contributed by atoms with van der Waals surface area (Å²) in [7, 11) is 1.52. The first kappa shape index (κ1) is 22.4. The summed E-state index contributed by atoms with van der Waals surface area (Å²) in [6, 6.07) is 19.3. The van der Waals surface area contributed by atoms with E-state index in [9.17, 15) is 0 Å². The molecule has 0 aliphatic rings. The second-order valence-corrected chi connectivity index (χ2v) is 7.28. The Morgan fingerprint density at radius 2 is 1.58 bits per heavy atom. The van der Waals surface area contributed by atoms with Crippen LogP contribution >= 0.6 is 11.6 Å². The van der Waals surface area contributed by atoms with Gasteiger partial charge in [0.15, 0.2) is 0 Å². The lowest BCUT2D eigenvalue weighted by Crippen LogP contribution is -2.04. The van der Waals surface area contributed by atoms with E-state index < -0.39 is 0 Å². The average Bonchev–Trinajstić information content (AvgIpc) is 2.79. The van der Waals surface area contributed by atoms with E-state index in [1.807, 2.05) is 74.5 Å². The molecule has 3 aromatic rings. The van der Waals surface area contributed by atoms with Gasteiger partial charge in [0.05, 0.1) is 17.1 Å². The molecule has 0 aliphatic carbocycles. The van der Waals surface area contributed by atoms with Crippen LogP contribution in [0.3, 0.4) is 0 Å². The van der Waals surface area contributed by atoms with Gasteiger partial charge < -0.3 is 9.68 Å². The average molecular weight is 437 g/mol. The number of pyridine rings is 2. The van der Waals surface area contributed by atoms with Crippen molar-refractivity contribution in [2.75, 3.05) is 13.7 Å². The molecule has 0 saturated carbocycles. The van der Waals surface area contributed by atoms with Gasteiger partial charge in [0, 0.05) is 16.3 Å². The Morgan fingerprint density at radius 1 is 0.871 bits per heavy atom. The summed E-state index contributed by atoms with van der Waals surface area (Å²) in [5.41, 5.74) is 5.67. The van der Waals surface area contributed by atoms with Crippen molar-refractivity contribution in [2.45, 2.75) is 26.7 Å². The molecule has 0 spiro atoms. The van der Waals surface area contributed by atoms with Crippen molar-refractivity contribution in [1.82, 2.24) is 9.97 Å². The maximum Gasteiger partial charge on any atom is 0.117 e. The third-order valence-electron chi connectivity index (χ3n) is 4.55. The van der Waals surface area contributed by atoms with Crippen molar-refractivity contribution in [3.05, 3.63) is 82.8 Å². The standard InChI is InChI=1S/C24H25ClN4O2/c1-17(28-30-3)22-13-6-9-19(26-22)10-8-16-31-29-18(2)23-14-7-15-24(27-23)20-11-4-5-12-21(20)25/h4-7,9,11-15H,8,10,16H2,1-3H3. The SMILES string of the molecule is CON=C(C)c1cccc(CCCON=C(C)c2cccc(-c3ccccc3Cl)n2)n1. The smallest absolute Gasteiger partial charge is 0.117 e. The van der Waals surface area contributed by atoms with Crippen LogP contribution in [0.2, 0.25) is 5.02 Å². The highest BCUT2D eigenvalue weighted by molar-refractivity contribution is 6.33. The Morgan fingerprint density at radius 3 is 2.35 bits per heavy atom. The van der Waals surface area contributed by atoms with E-state index in [0.29, 0.717) is 17.3 Å². The summed E-state index contributed by atoms with van der Waals surface area (Å²) in [6.07, 6.45) is 1.57. The summed E-state index contributed by atoms with van der Waals surface area (Å²) in [4.78, 5) is 19.6. The molecule has 0 saturated heterocycles. The Balaban J connectivity index is 1.55. The fourth-order valence-corrected chi connectivity index (χ4v) is 3.20. The van der Waals surface area contributed by atoms with Gasteiger partial charge in [-0.1, -0.05) is 52.2 Å². The van der Waals surface area contributed by atoms with Crippen molar-refractivity contribution in [3.63, 3.8) is 0 Å². The predicted octanol–water partition coefficient (Wildman–Crippen LogP) is 5.54. The van der Waals surface area contributed by atoms with Crippen LogP contribution < -0.4 is 0 Å². The summed E-state index contributed by atoms with van der Waals surface area (Å²) in [5.74, 6) is 0. The first-order chi connectivity index (χ1) is 15.1. The number of hydrogen-bond acceptors (Lipinski definition) is 6. The zero-order valence-electron chi connectivity index (χ0n) is 17.9. The van der Waals surface area contributed by atoms with E-state index in [4.69, 9.17) is 21.3 Å². The number of aryl methyl sites for hydroxylation is 1. The molecule has 31 heavy (non-hydrogen) atoms. The lowest BCUT2D eigenvalue weighted by molar-refractivity contribution is 0.141. The van der Waals surface area contributed by atoms with Crippen molar-refractivity contribution < 1.29 is 9.68 Å². The highest BCUT2D eigenvalue weighted by Crippen LogP contribution is 2.26. The molecule has 7 heteroatoms. The number of benzene rings is 1. The number of hydrogen-bond donors (Lipinski definition) is 0. The molecule has 3 rings (SSSR count). The van der Waals surface area contributed by atoms with E-state index in [0.717, 1.165) is 46.9 Å². The van der Waals surface area contributed by atoms with Gasteiger partial charge >= 0.3 is 0 Å². The van der Waals surface area contributed by atoms with Crippen LogP contribution in [0.15, 0.2) is 71.0 Å². The Kier molecular flexibility index (Phi) is 8.12. The molecule has 0 bridgehead atoms. The number of rotatable bonds is 9. The van der Waals surface area contributed by atoms with Gasteiger partial charge in [0.1, 0.15) is 25.1 Å². The maximum absolute atomic E-state index is 6.29. The van der Waals surface area contributed by atoms with Crippen molar-refractivity contribution in [2.24, 2.45) is 10.3 Å². The zero-order chi connectivity index (χ0) is 22.1. The molecular formula is C24H25ClN4O2. The second kappa shape index (κ2) is 11.2. The van der Waals surface area contributed by atoms with Gasteiger partial charge in [0.25, 0.3) is 0 Å². The fourth-order valence-electron chi connectivity index (χ4n) is 2.97. The van der Waals surface area contributed by atoms with Crippen LogP contribution in [0.4, 0.5) is 0 Å². The Hall–Kier alpha value is -3.25. The van der Waals surface area contributed by atoms with Gasteiger partial charge in [0.2, 0.25) is 0 Å². The molecule has 2 aromatic heterocycles. The summed E-state index contributed by atoms with van der Waals surface area (Å²) < 4.78 is 0. The zero-order valence-corrected chi connectivity index (χ0v) is 18.6. The van der Waals surface area contributed by atoms with Crippen LogP contribution in [-0.4, -0.2) is 35.1 Å². The van der Waals surface area contributed by atoms with Gasteiger partial charge in [-0.15, -0.1) is 0 Å². The molecule has 160 valence electrons. The number of oxime groups is 2. The van der Waals surface area contributed by atoms with Crippen LogP contribution in [0.1, 0.15) is 37.4 Å². The highest BCUT2D eigenvalue weighted by Gasteiger charge is 2.07. The Bertz CT molecular complexity index is 1080. The monoisotopic (exact) mass is 436 g/mol. The topological polar surface area (TPSA) is 69.0 Å². The third kappa shape index (κ3) is 6.36. The molecule has 0 amide bonds. The molecule has 0 radical (unpaired) electrons. The van der Waals surface area contributed by atoms with Gasteiger partial charge in [-0.2, -0.15) is 0 Å². The van der Waals surface area contributed by atoms with Crippen LogP contribution in [0.25, 0.3) is 11.3 Å². The predicted molar refractivity (Wildman–Crippen MR) is 125 cm³/mol. The quantitative estimate of drug-likeness (QED) is 0.251. The molecule has 2 heterocycles. The molecule has 0 fully saturated rings. The fraction of sp³-hybridized carbons (Fsp3) is 0.250. The van der Waals surface area contributed by atoms with Gasteiger partial charge in [-0.05, 0) is 57.0 Å². The van der Waals surface area contributed by atoms with Crippen LogP contribution in [-0.2, 0) is 16.1 Å². The van der Waals surface area contributed by atoms with Gasteiger partial charge in [-0.25, -0.2) is 4.98 Å². The van der Waals surface area contributed by atoms with Crippen LogP contribution in [0.5, 0.6) is 0 Å². The van der Waals surface area contributed by atoms with E-state index >= 15 is 0 Å². The molecule has 0 unspecified atom stereocenters. The molecular weight excluding hydrogens is 412 g/mol. The largest absolute Gasteiger partial charge is 0.399 e. The first-order valence-corrected chi connectivity index (χ1v) is 10.4. The van der Waals surface area contributed by atoms with Crippen LogP contribution in [0, 0.1) is 0 Å². The Labute approximate surface area is 187 Å². The molecule has 0 atom stereocenters. The van der Waals surface area contributed by atoms with E-state index in [1.54, 1.807) is 0 Å².